The van der Waals surface area contributed by atoms with Crippen molar-refractivity contribution in [3.8, 4) is 6.19 Å². The summed E-state index contributed by atoms with van der Waals surface area (Å²) in [5, 5.41) is 11.2. The van der Waals surface area contributed by atoms with Crippen LogP contribution in [0.3, 0.4) is 0 Å². The normalized spacial score (nSPS) is 12.0. The van der Waals surface area contributed by atoms with Crippen LogP contribution in [-0.4, -0.2) is 24.4 Å². The first-order valence-corrected chi connectivity index (χ1v) is 7.41. The lowest BCUT2D eigenvalue weighted by Gasteiger charge is -2.05. The maximum atomic E-state index is 11.0. The Bertz CT molecular complexity index is 618. The molecule has 96 valence electrons. The van der Waals surface area contributed by atoms with Gasteiger partial charge in [0.25, 0.3) is 10.1 Å². The maximum absolute atomic E-state index is 11.0. The van der Waals surface area contributed by atoms with Gasteiger partial charge in [0.05, 0.1) is 10.6 Å². The third-order valence-corrected chi connectivity index (χ3v) is 3.49. The number of nitriles is 1. The molecule has 1 aromatic rings. The van der Waals surface area contributed by atoms with Crippen LogP contribution in [0.5, 0.6) is 0 Å². The SMILES string of the molecule is CSC(=Nc1cc(S(=O)(=O)O)ccc1C)NC#N. The highest BCUT2D eigenvalue weighted by molar-refractivity contribution is 8.13. The van der Waals surface area contributed by atoms with Gasteiger partial charge in [0.1, 0.15) is 0 Å². The molecule has 0 radical (unpaired) electrons. The molecule has 1 aromatic carbocycles. The molecule has 8 heteroatoms. The molecule has 2 N–H and O–H groups in total. The molecule has 0 saturated heterocycles. The van der Waals surface area contributed by atoms with Crippen molar-refractivity contribution in [2.45, 2.75) is 11.8 Å². The first-order valence-electron chi connectivity index (χ1n) is 4.74. The van der Waals surface area contributed by atoms with Crippen LogP contribution in [0.15, 0.2) is 28.1 Å². The first kappa shape index (κ1) is 14.5. The van der Waals surface area contributed by atoms with Gasteiger partial charge in [-0.25, -0.2) is 4.99 Å². The zero-order valence-electron chi connectivity index (χ0n) is 9.71. The van der Waals surface area contributed by atoms with Crippen molar-refractivity contribution in [1.82, 2.24) is 5.32 Å². The van der Waals surface area contributed by atoms with Crippen molar-refractivity contribution in [3.05, 3.63) is 23.8 Å². The Morgan fingerprint density at radius 2 is 2.22 bits per heavy atom. The molecule has 0 heterocycles. The Hall–Kier alpha value is -1.56. The summed E-state index contributed by atoms with van der Waals surface area (Å²) in [6.07, 6.45) is 3.46. The second-order valence-corrected chi connectivity index (χ2v) is 5.50. The smallest absolute Gasteiger partial charge is 0.282 e. The quantitative estimate of drug-likeness (QED) is 0.282. The number of thioether (sulfide) groups is 1. The summed E-state index contributed by atoms with van der Waals surface area (Å²) in [6, 6.07) is 4.08. The van der Waals surface area contributed by atoms with Crippen molar-refractivity contribution in [1.29, 1.82) is 5.26 Å². The maximum Gasteiger partial charge on any atom is 0.294 e. The van der Waals surface area contributed by atoms with Crippen LogP contribution in [0.4, 0.5) is 5.69 Å². The Morgan fingerprint density at radius 3 is 2.72 bits per heavy atom. The molecule has 0 aliphatic carbocycles. The van der Waals surface area contributed by atoms with Gasteiger partial charge in [-0.2, -0.15) is 13.7 Å². The fourth-order valence-corrected chi connectivity index (χ4v) is 1.99. The molecule has 0 fully saturated rings. The second-order valence-electron chi connectivity index (χ2n) is 3.28. The van der Waals surface area contributed by atoms with Gasteiger partial charge < -0.3 is 0 Å². The average molecular weight is 285 g/mol. The number of aryl methyl sites for hydroxylation is 1. The van der Waals surface area contributed by atoms with Crippen molar-refractivity contribution in [2.24, 2.45) is 4.99 Å². The lowest BCUT2D eigenvalue weighted by atomic mass is 10.2. The number of hydrogen-bond donors (Lipinski definition) is 2. The highest BCUT2D eigenvalue weighted by Crippen LogP contribution is 2.23. The van der Waals surface area contributed by atoms with Gasteiger partial charge in [0.15, 0.2) is 11.4 Å². The summed E-state index contributed by atoms with van der Waals surface area (Å²) in [5.41, 5.74) is 1.10. The van der Waals surface area contributed by atoms with Crippen LogP contribution < -0.4 is 5.32 Å². The summed E-state index contributed by atoms with van der Waals surface area (Å²) in [5.74, 6) is 0. The van der Waals surface area contributed by atoms with E-state index in [4.69, 9.17) is 9.81 Å². The average Bonchev–Trinajstić information content (AvgIpc) is 2.29. The minimum absolute atomic E-state index is 0.232. The van der Waals surface area contributed by atoms with E-state index in [1.54, 1.807) is 19.4 Å². The van der Waals surface area contributed by atoms with Crippen LogP contribution >= 0.6 is 11.8 Å². The molecule has 0 aromatic heterocycles. The van der Waals surface area contributed by atoms with Gasteiger partial charge in [-0.15, -0.1) is 0 Å². The van der Waals surface area contributed by atoms with Crippen LogP contribution in [0.1, 0.15) is 5.56 Å². The topological polar surface area (TPSA) is 103 Å². The molecule has 0 spiro atoms. The minimum Gasteiger partial charge on any atom is -0.282 e. The number of nitrogens with one attached hydrogen (secondary N) is 1. The summed E-state index contributed by atoms with van der Waals surface area (Å²) in [6.45, 7) is 1.75. The van der Waals surface area contributed by atoms with Gasteiger partial charge in [-0.3, -0.25) is 9.87 Å². The van der Waals surface area contributed by atoms with Crippen molar-refractivity contribution < 1.29 is 13.0 Å². The van der Waals surface area contributed by atoms with Crippen LogP contribution in [-0.2, 0) is 10.1 Å². The Labute approximate surface area is 109 Å². The predicted molar refractivity (Wildman–Crippen MR) is 70.4 cm³/mol. The summed E-state index contributed by atoms with van der Waals surface area (Å²) in [7, 11) is -4.26. The molecule has 0 atom stereocenters. The molecule has 18 heavy (non-hydrogen) atoms. The van der Waals surface area contributed by atoms with Crippen molar-refractivity contribution in [2.75, 3.05) is 6.26 Å². The van der Waals surface area contributed by atoms with E-state index in [9.17, 15) is 8.42 Å². The number of benzene rings is 1. The van der Waals surface area contributed by atoms with Crippen molar-refractivity contribution >= 4 is 32.7 Å². The van der Waals surface area contributed by atoms with Crippen molar-refractivity contribution in [3.63, 3.8) is 0 Å². The molecule has 1 rings (SSSR count). The van der Waals surface area contributed by atoms with E-state index in [0.29, 0.717) is 10.9 Å². The van der Waals surface area contributed by atoms with Gasteiger partial charge in [0.2, 0.25) is 0 Å². The molecule has 0 amide bonds. The van der Waals surface area contributed by atoms with Gasteiger partial charge in [0, 0.05) is 0 Å². The van der Waals surface area contributed by atoms with E-state index in [1.165, 1.54) is 30.0 Å². The number of nitrogens with zero attached hydrogens (tertiary/aromatic N) is 2. The van der Waals surface area contributed by atoms with Crippen LogP contribution in [0.25, 0.3) is 0 Å². The number of aliphatic imine (C=N–C) groups is 1. The fourth-order valence-electron chi connectivity index (χ4n) is 1.15. The Balaban J connectivity index is 3.29. The third-order valence-electron chi connectivity index (χ3n) is 2.06. The highest BCUT2D eigenvalue weighted by Gasteiger charge is 2.11. The summed E-state index contributed by atoms with van der Waals surface area (Å²) >= 11 is 1.22. The van der Waals surface area contributed by atoms with Gasteiger partial charge in [-0.05, 0) is 30.9 Å². The largest absolute Gasteiger partial charge is 0.294 e. The van der Waals surface area contributed by atoms with Gasteiger partial charge in [-0.1, -0.05) is 17.8 Å². The molecule has 0 bridgehead atoms. The lowest BCUT2D eigenvalue weighted by molar-refractivity contribution is 0.483. The monoisotopic (exact) mass is 285 g/mol. The molecule has 0 aliphatic heterocycles. The first-order chi connectivity index (χ1) is 8.38. The summed E-state index contributed by atoms with van der Waals surface area (Å²) in [4.78, 5) is 3.88. The number of amidine groups is 1. The molecule has 0 unspecified atom stereocenters. The zero-order chi connectivity index (χ0) is 13.8. The standard InChI is InChI=1S/C10H11N3O3S2/c1-7-3-4-8(18(14,15)16)5-9(7)13-10(17-2)12-6-11/h3-5H,1-2H3,(H,12,13)(H,14,15,16). The highest BCUT2D eigenvalue weighted by atomic mass is 32.2. The van der Waals surface area contributed by atoms with E-state index in [2.05, 4.69) is 10.3 Å². The molecular weight excluding hydrogens is 274 g/mol. The third kappa shape index (κ3) is 3.73. The van der Waals surface area contributed by atoms with E-state index in [0.717, 1.165) is 5.56 Å². The lowest BCUT2D eigenvalue weighted by Crippen LogP contribution is -2.12. The molecular formula is C10H11N3O3S2. The minimum atomic E-state index is -4.26. The Morgan fingerprint density at radius 1 is 1.56 bits per heavy atom. The number of rotatable bonds is 2. The molecule has 6 nitrogen and oxygen atoms in total. The zero-order valence-corrected chi connectivity index (χ0v) is 11.3. The van der Waals surface area contributed by atoms with Crippen LogP contribution in [0.2, 0.25) is 0 Å². The number of hydrogen-bond acceptors (Lipinski definition) is 5. The van der Waals surface area contributed by atoms with Crippen LogP contribution in [0, 0.1) is 18.4 Å². The van der Waals surface area contributed by atoms with E-state index < -0.39 is 10.1 Å². The van der Waals surface area contributed by atoms with Gasteiger partial charge >= 0.3 is 0 Å². The summed E-state index contributed by atoms with van der Waals surface area (Å²) < 4.78 is 31.0. The molecule has 0 aliphatic rings. The fraction of sp³-hybridized carbons (Fsp3) is 0.200. The van der Waals surface area contributed by atoms with E-state index >= 15 is 0 Å². The molecule has 0 saturated carbocycles. The van der Waals surface area contributed by atoms with E-state index in [1.807, 2.05) is 0 Å². The second kappa shape index (κ2) is 5.86. The Kier molecular flexibility index (Phi) is 4.72. The predicted octanol–water partition coefficient (Wildman–Crippen LogP) is 1.66. The van der Waals surface area contributed by atoms with E-state index in [-0.39, 0.29) is 4.90 Å².